The first-order valence-electron chi connectivity index (χ1n) is 5.86. The summed E-state index contributed by atoms with van der Waals surface area (Å²) in [5, 5.41) is 3.31. The fourth-order valence-corrected chi connectivity index (χ4v) is 2.26. The number of hydrogen-bond acceptors (Lipinski definition) is 7. The largest absolute Gasteiger partial charge is 0.467 e. The number of anilines is 2. The second-order valence-electron chi connectivity index (χ2n) is 5.63. The summed E-state index contributed by atoms with van der Waals surface area (Å²) in [6, 6.07) is 0.541. The van der Waals surface area contributed by atoms with Crippen molar-refractivity contribution in [1.29, 1.82) is 0 Å². The second kappa shape index (κ2) is 3.94. The number of methoxy groups -OCH3 is 1. The molecule has 18 heavy (non-hydrogen) atoms. The number of rotatable bonds is 4. The summed E-state index contributed by atoms with van der Waals surface area (Å²) in [6.45, 7) is 8.85. The zero-order valence-corrected chi connectivity index (χ0v) is 11.4. The van der Waals surface area contributed by atoms with Crippen LogP contribution in [0, 0.1) is 10.8 Å². The molecule has 7 nitrogen and oxygen atoms in total. The summed E-state index contributed by atoms with van der Waals surface area (Å²) >= 11 is 0. The van der Waals surface area contributed by atoms with E-state index in [0.29, 0.717) is 12.0 Å². The Labute approximate surface area is 107 Å². The number of nitrogens with one attached hydrogen (secondary N) is 2. The first-order chi connectivity index (χ1) is 8.32. The minimum absolute atomic E-state index is 0.198. The quantitative estimate of drug-likeness (QED) is 0.543. The monoisotopic (exact) mass is 252 g/mol. The zero-order chi connectivity index (χ0) is 13.6. The summed E-state index contributed by atoms with van der Waals surface area (Å²) < 4.78 is 5.01. The van der Waals surface area contributed by atoms with E-state index < -0.39 is 0 Å². The van der Waals surface area contributed by atoms with Crippen LogP contribution in [-0.2, 0) is 0 Å². The third-order valence-electron chi connectivity index (χ3n) is 4.22. The van der Waals surface area contributed by atoms with E-state index in [1.165, 1.54) is 7.11 Å². The first-order valence-corrected chi connectivity index (χ1v) is 5.86. The molecule has 1 aliphatic rings. The second-order valence-corrected chi connectivity index (χ2v) is 5.63. The molecule has 0 atom stereocenters. The standard InChI is InChI=1S/C11H20N6O/c1-10(2)6(11(10,3)4)13-7-14-8(17-12)16-9(15-7)18-5/h6H,12H2,1-5H3,(H2,13,14,15,16,17). The maximum absolute atomic E-state index is 5.31. The van der Waals surface area contributed by atoms with Gasteiger partial charge < -0.3 is 10.1 Å². The smallest absolute Gasteiger partial charge is 0.322 e. The van der Waals surface area contributed by atoms with E-state index in [-0.39, 0.29) is 22.8 Å². The Balaban J connectivity index is 2.20. The van der Waals surface area contributed by atoms with Crippen molar-refractivity contribution in [2.24, 2.45) is 16.7 Å². The van der Waals surface area contributed by atoms with Crippen LogP contribution in [0.5, 0.6) is 6.01 Å². The molecule has 0 radical (unpaired) electrons. The van der Waals surface area contributed by atoms with Crippen molar-refractivity contribution in [3.05, 3.63) is 0 Å². The number of nitrogens with two attached hydrogens (primary N) is 1. The van der Waals surface area contributed by atoms with Gasteiger partial charge in [-0.25, -0.2) is 5.84 Å². The van der Waals surface area contributed by atoms with E-state index in [4.69, 9.17) is 10.6 Å². The summed E-state index contributed by atoms with van der Waals surface area (Å²) in [5.41, 5.74) is 2.79. The van der Waals surface area contributed by atoms with E-state index >= 15 is 0 Å². The molecule has 0 bridgehead atoms. The van der Waals surface area contributed by atoms with Gasteiger partial charge in [-0.1, -0.05) is 27.7 Å². The molecular weight excluding hydrogens is 232 g/mol. The van der Waals surface area contributed by atoms with Crippen LogP contribution in [-0.4, -0.2) is 28.1 Å². The molecule has 1 aromatic rings. The molecule has 1 saturated carbocycles. The fourth-order valence-electron chi connectivity index (χ4n) is 2.26. The third kappa shape index (κ3) is 1.84. The molecule has 4 N–H and O–H groups in total. The first kappa shape index (κ1) is 12.8. The van der Waals surface area contributed by atoms with Crippen molar-refractivity contribution in [2.75, 3.05) is 17.9 Å². The van der Waals surface area contributed by atoms with Gasteiger partial charge in [0.15, 0.2) is 0 Å². The lowest BCUT2D eigenvalue weighted by Crippen LogP contribution is -2.17. The van der Waals surface area contributed by atoms with Gasteiger partial charge in [0.05, 0.1) is 7.11 Å². The molecule has 0 spiro atoms. The summed E-state index contributed by atoms with van der Waals surface area (Å²) in [5.74, 6) is 6.06. The van der Waals surface area contributed by atoms with Crippen LogP contribution >= 0.6 is 0 Å². The Hall–Kier alpha value is -1.63. The molecule has 1 heterocycles. The van der Waals surface area contributed by atoms with Crippen LogP contribution in [0.4, 0.5) is 11.9 Å². The van der Waals surface area contributed by atoms with Gasteiger partial charge >= 0.3 is 6.01 Å². The topological polar surface area (TPSA) is 98.0 Å². The Morgan fingerprint density at radius 1 is 1.06 bits per heavy atom. The molecule has 7 heteroatoms. The van der Waals surface area contributed by atoms with E-state index in [9.17, 15) is 0 Å². The van der Waals surface area contributed by atoms with Gasteiger partial charge in [0.25, 0.3) is 0 Å². The minimum atomic E-state index is 0.198. The number of nitrogen functional groups attached to an aromatic ring is 1. The normalized spacial score (nSPS) is 20.3. The van der Waals surface area contributed by atoms with Gasteiger partial charge in [-0.05, 0) is 10.8 Å². The van der Waals surface area contributed by atoms with Crippen molar-refractivity contribution in [1.82, 2.24) is 15.0 Å². The number of hydrogen-bond donors (Lipinski definition) is 3. The molecular formula is C11H20N6O. The molecule has 0 unspecified atom stereocenters. The van der Waals surface area contributed by atoms with Gasteiger partial charge in [-0.15, -0.1) is 0 Å². The molecule has 2 rings (SSSR count). The van der Waals surface area contributed by atoms with E-state index in [2.05, 4.69) is 53.4 Å². The van der Waals surface area contributed by atoms with Crippen LogP contribution in [0.15, 0.2) is 0 Å². The maximum atomic E-state index is 5.31. The lowest BCUT2D eigenvalue weighted by molar-refractivity contribution is 0.379. The maximum Gasteiger partial charge on any atom is 0.322 e. The SMILES string of the molecule is COc1nc(NN)nc(NC2C(C)(C)C2(C)C)n1. The van der Waals surface area contributed by atoms with Crippen LogP contribution < -0.4 is 21.3 Å². The van der Waals surface area contributed by atoms with Crippen LogP contribution in [0.25, 0.3) is 0 Å². The predicted molar refractivity (Wildman–Crippen MR) is 69.2 cm³/mol. The highest BCUT2D eigenvalue weighted by Gasteiger charge is 2.65. The Kier molecular flexibility index (Phi) is 2.81. The van der Waals surface area contributed by atoms with Crippen molar-refractivity contribution in [2.45, 2.75) is 33.7 Å². The average molecular weight is 252 g/mol. The molecule has 0 saturated heterocycles. The minimum Gasteiger partial charge on any atom is -0.467 e. The van der Waals surface area contributed by atoms with Gasteiger partial charge in [0.2, 0.25) is 11.9 Å². The summed E-state index contributed by atoms with van der Waals surface area (Å²) in [4.78, 5) is 12.3. The predicted octanol–water partition coefficient (Wildman–Crippen LogP) is 1.01. The van der Waals surface area contributed by atoms with Crippen molar-refractivity contribution < 1.29 is 4.74 Å². The van der Waals surface area contributed by atoms with Gasteiger partial charge in [-0.3, -0.25) is 5.43 Å². The average Bonchev–Trinajstić information content (AvgIpc) is 2.71. The summed E-state index contributed by atoms with van der Waals surface area (Å²) in [6.07, 6.45) is 0. The Morgan fingerprint density at radius 3 is 2.06 bits per heavy atom. The van der Waals surface area contributed by atoms with Gasteiger partial charge in [-0.2, -0.15) is 15.0 Å². The Bertz CT molecular complexity index is 423. The highest BCUT2D eigenvalue weighted by Crippen LogP contribution is 2.63. The lowest BCUT2D eigenvalue weighted by Gasteiger charge is -2.08. The molecule has 1 aromatic heterocycles. The van der Waals surface area contributed by atoms with Gasteiger partial charge in [0.1, 0.15) is 0 Å². The molecule has 100 valence electrons. The van der Waals surface area contributed by atoms with Gasteiger partial charge in [0, 0.05) is 6.04 Å². The van der Waals surface area contributed by atoms with E-state index in [1.54, 1.807) is 0 Å². The number of aromatic nitrogens is 3. The lowest BCUT2D eigenvalue weighted by atomic mass is 10.0. The van der Waals surface area contributed by atoms with Crippen LogP contribution in [0.1, 0.15) is 27.7 Å². The molecule has 0 amide bonds. The summed E-state index contributed by atoms with van der Waals surface area (Å²) in [7, 11) is 1.50. The zero-order valence-electron chi connectivity index (χ0n) is 11.4. The number of ether oxygens (including phenoxy) is 1. The fraction of sp³-hybridized carbons (Fsp3) is 0.727. The molecule has 0 aromatic carbocycles. The van der Waals surface area contributed by atoms with Crippen molar-refractivity contribution in [3.8, 4) is 6.01 Å². The number of hydrazine groups is 1. The molecule has 1 aliphatic carbocycles. The molecule has 0 aliphatic heterocycles. The Morgan fingerprint density at radius 2 is 1.61 bits per heavy atom. The third-order valence-corrected chi connectivity index (χ3v) is 4.22. The highest BCUT2D eigenvalue weighted by atomic mass is 16.5. The van der Waals surface area contributed by atoms with Crippen molar-refractivity contribution >= 4 is 11.9 Å². The van der Waals surface area contributed by atoms with Crippen LogP contribution in [0.2, 0.25) is 0 Å². The molecule has 1 fully saturated rings. The van der Waals surface area contributed by atoms with E-state index in [0.717, 1.165) is 0 Å². The van der Waals surface area contributed by atoms with E-state index in [1.807, 2.05) is 0 Å². The van der Waals surface area contributed by atoms with Crippen molar-refractivity contribution in [3.63, 3.8) is 0 Å². The van der Waals surface area contributed by atoms with Crippen LogP contribution in [0.3, 0.4) is 0 Å². The highest BCUT2D eigenvalue weighted by molar-refractivity contribution is 5.40. The number of nitrogens with zero attached hydrogens (tertiary/aromatic N) is 3.